The first kappa shape index (κ1) is 17.3. The van der Waals surface area contributed by atoms with E-state index in [1.807, 2.05) is 11.8 Å². The first-order chi connectivity index (χ1) is 10.5. The molecule has 0 unspecified atom stereocenters. The summed E-state index contributed by atoms with van der Waals surface area (Å²) in [5.41, 5.74) is -0.144. The molecule has 5 nitrogen and oxygen atoms in total. The van der Waals surface area contributed by atoms with Gasteiger partial charge in [0.05, 0.1) is 6.54 Å². The van der Waals surface area contributed by atoms with Gasteiger partial charge in [0, 0.05) is 17.5 Å². The lowest BCUT2D eigenvalue weighted by Crippen LogP contribution is -2.57. The van der Waals surface area contributed by atoms with Crippen molar-refractivity contribution in [2.45, 2.75) is 77.3 Å². The van der Waals surface area contributed by atoms with Crippen LogP contribution in [0.1, 0.15) is 65.2 Å². The zero-order valence-electron chi connectivity index (χ0n) is 13.9. The molecule has 0 aromatic carbocycles. The fourth-order valence-electron chi connectivity index (χ4n) is 3.98. The van der Waals surface area contributed by atoms with Crippen molar-refractivity contribution >= 4 is 11.9 Å². The Kier molecular flexibility index (Phi) is 5.84. The van der Waals surface area contributed by atoms with Gasteiger partial charge in [-0.1, -0.05) is 33.1 Å². The summed E-state index contributed by atoms with van der Waals surface area (Å²) >= 11 is 0. The van der Waals surface area contributed by atoms with Crippen LogP contribution in [0.5, 0.6) is 0 Å². The summed E-state index contributed by atoms with van der Waals surface area (Å²) < 4.78 is 0. The van der Waals surface area contributed by atoms with Gasteiger partial charge in [-0.05, 0) is 38.6 Å². The van der Waals surface area contributed by atoms with Crippen molar-refractivity contribution in [2.24, 2.45) is 5.41 Å². The zero-order valence-corrected chi connectivity index (χ0v) is 13.9. The van der Waals surface area contributed by atoms with E-state index < -0.39 is 5.97 Å². The molecule has 0 aromatic rings. The van der Waals surface area contributed by atoms with Gasteiger partial charge in [0.1, 0.15) is 0 Å². The van der Waals surface area contributed by atoms with Crippen molar-refractivity contribution < 1.29 is 14.7 Å². The Labute approximate surface area is 133 Å². The number of carbonyl (C=O) groups is 2. The lowest BCUT2D eigenvalue weighted by Gasteiger charge is -2.44. The molecule has 126 valence electrons. The van der Waals surface area contributed by atoms with Crippen LogP contribution in [0.3, 0.4) is 0 Å². The molecule has 2 N–H and O–H groups in total. The topological polar surface area (TPSA) is 69.6 Å². The highest BCUT2D eigenvalue weighted by Gasteiger charge is 2.41. The first-order valence-electron chi connectivity index (χ1n) is 8.77. The highest BCUT2D eigenvalue weighted by molar-refractivity contribution is 5.83. The van der Waals surface area contributed by atoms with Crippen LogP contribution in [0.2, 0.25) is 0 Å². The van der Waals surface area contributed by atoms with E-state index in [4.69, 9.17) is 5.11 Å². The van der Waals surface area contributed by atoms with Gasteiger partial charge in [-0.15, -0.1) is 0 Å². The molecule has 0 aliphatic heterocycles. The number of amides is 1. The summed E-state index contributed by atoms with van der Waals surface area (Å²) in [4.78, 5) is 25.5. The monoisotopic (exact) mass is 310 g/mol. The molecule has 0 saturated heterocycles. The predicted molar refractivity (Wildman–Crippen MR) is 85.6 cm³/mol. The van der Waals surface area contributed by atoms with Gasteiger partial charge >= 0.3 is 5.97 Å². The van der Waals surface area contributed by atoms with E-state index in [1.54, 1.807) is 0 Å². The van der Waals surface area contributed by atoms with Crippen LogP contribution in [0.4, 0.5) is 0 Å². The van der Waals surface area contributed by atoms with Gasteiger partial charge in [-0.3, -0.25) is 14.5 Å². The molecule has 2 aliphatic carbocycles. The fourth-order valence-corrected chi connectivity index (χ4v) is 3.98. The van der Waals surface area contributed by atoms with Crippen LogP contribution in [-0.4, -0.2) is 47.1 Å². The third kappa shape index (κ3) is 3.80. The molecule has 1 amide bonds. The molecular formula is C17H30N2O3. The molecule has 0 spiro atoms. The number of likely N-dealkylation sites (N-methyl/N-ethyl adjacent to an activating group) is 1. The summed E-state index contributed by atoms with van der Waals surface area (Å²) in [5.74, 6) is -0.541. The van der Waals surface area contributed by atoms with Crippen molar-refractivity contribution in [3.63, 3.8) is 0 Å². The molecule has 0 heterocycles. The Morgan fingerprint density at radius 3 is 2.32 bits per heavy atom. The van der Waals surface area contributed by atoms with Gasteiger partial charge in [-0.2, -0.15) is 0 Å². The Morgan fingerprint density at radius 2 is 1.82 bits per heavy atom. The van der Waals surface area contributed by atoms with Crippen molar-refractivity contribution in [1.29, 1.82) is 0 Å². The van der Waals surface area contributed by atoms with Crippen LogP contribution in [0.25, 0.3) is 0 Å². The average molecular weight is 310 g/mol. The molecule has 0 atom stereocenters. The van der Waals surface area contributed by atoms with Gasteiger partial charge < -0.3 is 10.4 Å². The minimum absolute atomic E-state index is 0.0979. The summed E-state index contributed by atoms with van der Waals surface area (Å²) in [6, 6.07) is 0.529. The van der Waals surface area contributed by atoms with Gasteiger partial charge in [0.25, 0.3) is 0 Å². The first-order valence-corrected chi connectivity index (χ1v) is 8.77. The second-order valence-corrected chi connectivity index (χ2v) is 6.95. The minimum atomic E-state index is -0.776. The summed E-state index contributed by atoms with van der Waals surface area (Å²) in [5, 5.41) is 12.1. The Morgan fingerprint density at radius 1 is 1.18 bits per heavy atom. The molecule has 0 bridgehead atoms. The Bertz CT molecular complexity index is 399. The van der Waals surface area contributed by atoms with Crippen LogP contribution in [0, 0.1) is 5.41 Å². The highest BCUT2D eigenvalue weighted by Crippen LogP contribution is 2.40. The smallest absolute Gasteiger partial charge is 0.317 e. The molecule has 0 radical (unpaired) electrons. The highest BCUT2D eigenvalue weighted by atomic mass is 16.4. The zero-order chi connectivity index (χ0) is 16.2. The van der Waals surface area contributed by atoms with Crippen molar-refractivity contribution in [3.8, 4) is 0 Å². The quantitative estimate of drug-likeness (QED) is 0.757. The second-order valence-electron chi connectivity index (χ2n) is 6.95. The lowest BCUT2D eigenvalue weighted by atomic mass is 9.71. The number of nitrogens with zero attached hydrogens (tertiary/aromatic N) is 1. The molecule has 0 aromatic heterocycles. The predicted octanol–water partition coefficient (Wildman–Crippen LogP) is 2.40. The molecule has 2 saturated carbocycles. The number of carbonyl (C=O) groups excluding carboxylic acids is 1. The maximum atomic E-state index is 12.7. The number of hydrogen-bond donors (Lipinski definition) is 2. The number of hydrogen-bond acceptors (Lipinski definition) is 3. The van der Waals surface area contributed by atoms with Crippen LogP contribution >= 0.6 is 0 Å². The van der Waals surface area contributed by atoms with E-state index in [0.717, 1.165) is 51.5 Å². The van der Waals surface area contributed by atoms with E-state index in [2.05, 4.69) is 12.2 Å². The Hall–Kier alpha value is -1.10. The third-order valence-corrected chi connectivity index (χ3v) is 5.68. The largest absolute Gasteiger partial charge is 0.480 e. The van der Waals surface area contributed by atoms with Crippen molar-refractivity contribution in [3.05, 3.63) is 0 Å². The fraction of sp³-hybridized carbons (Fsp3) is 0.882. The van der Waals surface area contributed by atoms with E-state index in [0.29, 0.717) is 6.04 Å². The van der Waals surface area contributed by atoms with E-state index in [1.165, 1.54) is 6.42 Å². The van der Waals surface area contributed by atoms with Crippen LogP contribution in [-0.2, 0) is 9.59 Å². The van der Waals surface area contributed by atoms with Gasteiger partial charge in [-0.25, -0.2) is 0 Å². The van der Waals surface area contributed by atoms with E-state index in [9.17, 15) is 9.59 Å². The number of rotatable bonds is 7. The van der Waals surface area contributed by atoms with Crippen molar-refractivity contribution in [2.75, 3.05) is 13.1 Å². The molecule has 2 fully saturated rings. The molecule has 5 heteroatoms. The molecule has 22 heavy (non-hydrogen) atoms. The maximum absolute atomic E-state index is 12.7. The minimum Gasteiger partial charge on any atom is -0.480 e. The summed E-state index contributed by atoms with van der Waals surface area (Å²) in [6.07, 6.45) is 8.31. The molecular weight excluding hydrogens is 280 g/mol. The number of nitrogens with one attached hydrogen (secondary N) is 1. The SMILES string of the molecule is CCN(CC(=O)O)C1CC(NC(=O)C2(CC)CCCCC2)C1. The normalized spacial score (nSPS) is 27.2. The maximum Gasteiger partial charge on any atom is 0.317 e. The lowest BCUT2D eigenvalue weighted by molar-refractivity contribution is -0.140. The molecule has 2 rings (SSSR count). The summed E-state index contributed by atoms with van der Waals surface area (Å²) in [7, 11) is 0. The Balaban J connectivity index is 1.81. The van der Waals surface area contributed by atoms with E-state index in [-0.39, 0.29) is 23.9 Å². The van der Waals surface area contributed by atoms with Gasteiger partial charge in [0.2, 0.25) is 5.91 Å². The van der Waals surface area contributed by atoms with E-state index >= 15 is 0 Å². The standard InChI is InChI=1S/C17H30N2O3/c1-3-17(8-6-5-7-9-17)16(22)18-13-10-14(11-13)19(4-2)12-15(20)21/h13-14H,3-12H2,1-2H3,(H,18,22)(H,20,21). The number of carboxylic acid groups (broad SMARTS) is 1. The average Bonchev–Trinajstić information content (AvgIpc) is 2.48. The number of aliphatic carboxylic acids is 1. The van der Waals surface area contributed by atoms with Crippen LogP contribution < -0.4 is 5.32 Å². The number of carboxylic acids is 1. The third-order valence-electron chi connectivity index (χ3n) is 5.68. The molecule has 2 aliphatic rings. The van der Waals surface area contributed by atoms with Gasteiger partial charge in [0.15, 0.2) is 0 Å². The van der Waals surface area contributed by atoms with Crippen molar-refractivity contribution in [1.82, 2.24) is 10.2 Å². The van der Waals surface area contributed by atoms with Crippen LogP contribution in [0.15, 0.2) is 0 Å². The second kappa shape index (κ2) is 7.44. The summed E-state index contributed by atoms with van der Waals surface area (Å²) in [6.45, 7) is 4.96.